The van der Waals surface area contributed by atoms with Gasteiger partial charge < -0.3 is 9.88 Å². The van der Waals surface area contributed by atoms with E-state index in [1.165, 1.54) is 11.1 Å². The second-order valence-corrected chi connectivity index (χ2v) is 5.10. The number of hydrogen-bond donors (Lipinski definition) is 1. The van der Waals surface area contributed by atoms with Crippen molar-refractivity contribution < 1.29 is 0 Å². The summed E-state index contributed by atoms with van der Waals surface area (Å²) in [5, 5.41) is 3.43. The molecule has 1 N–H and O–H groups in total. The Labute approximate surface area is 103 Å². The lowest BCUT2D eigenvalue weighted by Gasteiger charge is -2.07. The zero-order chi connectivity index (χ0) is 12.4. The Hall–Kier alpha value is -1.35. The summed E-state index contributed by atoms with van der Waals surface area (Å²) in [6.07, 6.45) is 0. The molecule has 1 aromatic carbocycles. The molecule has 0 aliphatic rings. The Morgan fingerprint density at radius 1 is 1.35 bits per heavy atom. The number of nitrogens with zero attached hydrogens (tertiary/aromatic N) is 2. The van der Waals surface area contributed by atoms with E-state index in [1.54, 1.807) is 0 Å². The van der Waals surface area contributed by atoms with Crippen molar-refractivity contribution in [3.63, 3.8) is 0 Å². The van der Waals surface area contributed by atoms with Crippen LogP contribution in [-0.4, -0.2) is 16.1 Å². The van der Waals surface area contributed by atoms with Crippen LogP contribution in [0, 0.1) is 12.8 Å². The first-order chi connectivity index (χ1) is 8.08. The van der Waals surface area contributed by atoms with Crippen molar-refractivity contribution in [2.75, 3.05) is 6.54 Å². The molecule has 1 heterocycles. The van der Waals surface area contributed by atoms with Gasteiger partial charge in [-0.15, -0.1) is 0 Å². The minimum Gasteiger partial charge on any atom is -0.330 e. The summed E-state index contributed by atoms with van der Waals surface area (Å²) in [5.41, 5.74) is 3.56. The Kier molecular flexibility index (Phi) is 3.48. The molecule has 0 spiro atoms. The van der Waals surface area contributed by atoms with Gasteiger partial charge in [0, 0.05) is 7.05 Å². The molecular weight excluding hydrogens is 210 g/mol. The van der Waals surface area contributed by atoms with Crippen LogP contribution in [0.1, 0.15) is 25.2 Å². The molecular formula is C14H21N3. The smallest absolute Gasteiger partial charge is 0.123 e. The van der Waals surface area contributed by atoms with Gasteiger partial charge in [0.2, 0.25) is 0 Å². The van der Waals surface area contributed by atoms with Crippen molar-refractivity contribution in [2.24, 2.45) is 13.0 Å². The molecule has 0 atom stereocenters. The van der Waals surface area contributed by atoms with Gasteiger partial charge >= 0.3 is 0 Å². The van der Waals surface area contributed by atoms with E-state index in [-0.39, 0.29) is 0 Å². The predicted octanol–water partition coefficient (Wildman–Crippen LogP) is 2.63. The van der Waals surface area contributed by atoms with Crippen molar-refractivity contribution in [1.82, 2.24) is 14.9 Å². The Balaban J connectivity index is 2.20. The van der Waals surface area contributed by atoms with Crippen LogP contribution in [0.5, 0.6) is 0 Å². The molecule has 0 aliphatic carbocycles. The monoisotopic (exact) mass is 231 g/mol. The fourth-order valence-electron chi connectivity index (χ4n) is 1.99. The second-order valence-electron chi connectivity index (χ2n) is 5.10. The highest BCUT2D eigenvalue weighted by Crippen LogP contribution is 2.16. The third-order valence-electron chi connectivity index (χ3n) is 2.96. The zero-order valence-electron chi connectivity index (χ0n) is 11.1. The predicted molar refractivity (Wildman–Crippen MR) is 72.0 cm³/mol. The minimum atomic E-state index is 0.673. The second kappa shape index (κ2) is 4.88. The summed E-state index contributed by atoms with van der Waals surface area (Å²) in [4.78, 5) is 4.67. The molecule has 1 aromatic heterocycles. The van der Waals surface area contributed by atoms with Gasteiger partial charge in [-0.2, -0.15) is 0 Å². The molecule has 0 fully saturated rings. The van der Waals surface area contributed by atoms with E-state index in [4.69, 9.17) is 0 Å². The highest BCUT2D eigenvalue weighted by molar-refractivity contribution is 5.76. The molecule has 2 aromatic rings. The number of rotatable bonds is 4. The van der Waals surface area contributed by atoms with E-state index in [0.29, 0.717) is 5.92 Å². The number of hydrogen-bond acceptors (Lipinski definition) is 2. The average molecular weight is 231 g/mol. The summed E-state index contributed by atoms with van der Waals surface area (Å²) in [7, 11) is 2.08. The van der Waals surface area contributed by atoms with Gasteiger partial charge in [-0.1, -0.05) is 19.9 Å². The molecule has 0 aliphatic heterocycles. The molecule has 0 saturated heterocycles. The Bertz CT molecular complexity index is 511. The van der Waals surface area contributed by atoms with Gasteiger partial charge in [-0.3, -0.25) is 0 Å². The van der Waals surface area contributed by atoms with Crippen molar-refractivity contribution >= 4 is 11.0 Å². The minimum absolute atomic E-state index is 0.673. The van der Waals surface area contributed by atoms with Gasteiger partial charge in [0.1, 0.15) is 5.82 Å². The summed E-state index contributed by atoms with van der Waals surface area (Å²) in [6, 6.07) is 6.42. The van der Waals surface area contributed by atoms with Crippen LogP contribution in [0.15, 0.2) is 18.2 Å². The Morgan fingerprint density at radius 2 is 2.12 bits per heavy atom. The Morgan fingerprint density at radius 3 is 2.82 bits per heavy atom. The zero-order valence-corrected chi connectivity index (χ0v) is 11.1. The SMILES string of the molecule is Cc1ccc2c(c1)nc(CNCC(C)C)n2C. The summed E-state index contributed by atoms with van der Waals surface area (Å²) in [5.74, 6) is 1.78. The maximum Gasteiger partial charge on any atom is 0.123 e. The highest BCUT2D eigenvalue weighted by Gasteiger charge is 2.07. The van der Waals surface area contributed by atoms with Crippen LogP contribution in [0.2, 0.25) is 0 Å². The summed E-state index contributed by atoms with van der Waals surface area (Å²) in [6.45, 7) is 8.39. The van der Waals surface area contributed by atoms with Crippen LogP contribution in [-0.2, 0) is 13.6 Å². The third-order valence-corrected chi connectivity index (χ3v) is 2.96. The molecule has 0 saturated carbocycles. The number of benzene rings is 1. The molecule has 3 heteroatoms. The van der Waals surface area contributed by atoms with Gasteiger partial charge in [0.15, 0.2) is 0 Å². The number of imidazole rings is 1. The standard InChI is InChI=1S/C14H21N3/c1-10(2)8-15-9-14-16-12-7-11(3)5-6-13(12)17(14)4/h5-7,10,15H,8-9H2,1-4H3. The van der Waals surface area contributed by atoms with Crippen LogP contribution in [0.3, 0.4) is 0 Å². The molecule has 0 radical (unpaired) electrons. The average Bonchev–Trinajstić information content (AvgIpc) is 2.55. The van der Waals surface area contributed by atoms with Crippen molar-refractivity contribution in [1.29, 1.82) is 0 Å². The topological polar surface area (TPSA) is 29.9 Å². The fraction of sp³-hybridized carbons (Fsp3) is 0.500. The fourth-order valence-corrected chi connectivity index (χ4v) is 1.99. The van der Waals surface area contributed by atoms with Gasteiger partial charge in [0.25, 0.3) is 0 Å². The number of nitrogens with one attached hydrogen (secondary N) is 1. The van der Waals surface area contributed by atoms with Crippen molar-refractivity contribution in [2.45, 2.75) is 27.3 Å². The van der Waals surface area contributed by atoms with Crippen LogP contribution < -0.4 is 5.32 Å². The lowest BCUT2D eigenvalue weighted by Crippen LogP contribution is -2.20. The first kappa shape index (κ1) is 12.1. The lowest BCUT2D eigenvalue weighted by atomic mass is 10.2. The highest BCUT2D eigenvalue weighted by atomic mass is 15.1. The van der Waals surface area contributed by atoms with Crippen molar-refractivity contribution in [3.05, 3.63) is 29.6 Å². The van der Waals surface area contributed by atoms with Gasteiger partial charge in [-0.25, -0.2) is 4.98 Å². The van der Waals surface area contributed by atoms with Crippen LogP contribution in [0.25, 0.3) is 11.0 Å². The van der Waals surface area contributed by atoms with Crippen LogP contribution >= 0.6 is 0 Å². The molecule has 2 rings (SSSR count). The largest absolute Gasteiger partial charge is 0.330 e. The maximum absolute atomic E-state index is 4.67. The van der Waals surface area contributed by atoms with E-state index < -0.39 is 0 Å². The molecule has 17 heavy (non-hydrogen) atoms. The molecule has 3 nitrogen and oxygen atoms in total. The van der Waals surface area contributed by atoms with E-state index in [9.17, 15) is 0 Å². The normalized spacial score (nSPS) is 11.6. The van der Waals surface area contributed by atoms with E-state index in [1.807, 2.05) is 0 Å². The van der Waals surface area contributed by atoms with E-state index >= 15 is 0 Å². The summed E-state index contributed by atoms with van der Waals surface area (Å²) >= 11 is 0. The van der Waals surface area contributed by atoms with Gasteiger partial charge in [0.05, 0.1) is 17.6 Å². The summed E-state index contributed by atoms with van der Waals surface area (Å²) < 4.78 is 2.17. The quantitative estimate of drug-likeness (QED) is 0.876. The molecule has 92 valence electrons. The molecule has 0 amide bonds. The number of aryl methyl sites for hydroxylation is 2. The van der Waals surface area contributed by atoms with Crippen LogP contribution in [0.4, 0.5) is 0 Å². The third kappa shape index (κ3) is 2.67. The number of aromatic nitrogens is 2. The molecule has 0 unspecified atom stereocenters. The van der Waals surface area contributed by atoms with Gasteiger partial charge in [-0.05, 0) is 37.1 Å². The lowest BCUT2D eigenvalue weighted by molar-refractivity contribution is 0.538. The first-order valence-electron chi connectivity index (χ1n) is 6.20. The molecule has 0 bridgehead atoms. The van der Waals surface area contributed by atoms with E-state index in [2.05, 4.69) is 60.9 Å². The van der Waals surface area contributed by atoms with E-state index in [0.717, 1.165) is 24.4 Å². The maximum atomic E-state index is 4.67. The number of fused-ring (bicyclic) bond motifs is 1. The first-order valence-corrected chi connectivity index (χ1v) is 6.20. The van der Waals surface area contributed by atoms with Crippen molar-refractivity contribution in [3.8, 4) is 0 Å².